The first kappa shape index (κ1) is 16.3. The summed E-state index contributed by atoms with van der Waals surface area (Å²) in [6.45, 7) is 4.49. The highest BCUT2D eigenvalue weighted by molar-refractivity contribution is 5.95. The van der Waals surface area contributed by atoms with Crippen LogP contribution in [-0.4, -0.2) is 44.7 Å². The summed E-state index contributed by atoms with van der Waals surface area (Å²) < 4.78 is 10.7. The van der Waals surface area contributed by atoms with E-state index >= 15 is 0 Å². The van der Waals surface area contributed by atoms with Gasteiger partial charge in [-0.3, -0.25) is 9.59 Å². The second-order valence-electron chi connectivity index (χ2n) is 5.54. The van der Waals surface area contributed by atoms with Gasteiger partial charge in [0.1, 0.15) is 12.4 Å². The topological polar surface area (TPSA) is 67.9 Å². The first-order valence-corrected chi connectivity index (χ1v) is 7.35. The van der Waals surface area contributed by atoms with Crippen LogP contribution in [0.1, 0.15) is 13.8 Å². The number of amides is 2. The summed E-state index contributed by atoms with van der Waals surface area (Å²) in [4.78, 5) is 25.3. The predicted molar refractivity (Wildman–Crippen MR) is 82.9 cm³/mol. The molecule has 1 aromatic carbocycles. The van der Waals surface area contributed by atoms with Gasteiger partial charge >= 0.3 is 0 Å². The lowest BCUT2D eigenvalue weighted by molar-refractivity contribution is -0.130. The monoisotopic (exact) mass is 306 g/mol. The van der Waals surface area contributed by atoms with Gasteiger partial charge in [-0.2, -0.15) is 0 Å². The number of ether oxygens (including phenoxy) is 2. The zero-order chi connectivity index (χ0) is 16.1. The number of methoxy groups -OCH3 is 1. The summed E-state index contributed by atoms with van der Waals surface area (Å²) in [6.07, 6.45) is -0.216. The molecule has 22 heavy (non-hydrogen) atoms. The highest BCUT2D eigenvalue weighted by Crippen LogP contribution is 2.23. The molecular weight excluding hydrogens is 284 g/mol. The molecule has 1 aromatic rings. The van der Waals surface area contributed by atoms with Gasteiger partial charge < -0.3 is 19.7 Å². The van der Waals surface area contributed by atoms with Crippen molar-refractivity contribution >= 4 is 17.5 Å². The van der Waals surface area contributed by atoms with Gasteiger partial charge in [0.05, 0.1) is 19.8 Å². The molecule has 0 radical (unpaired) electrons. The van der Waals surface area contributed by atoms with Crippen molar-refractivity contribution in [3.8, 4) is 5.75 Å². The molecule has 0 bridgehead atoms. The Kier molecular flexibility index (Phi) is 5.38. The Bertz CT molecular complexity index is 545. The zero-order valence-corrected chi connectivity index (χ0v) is 13.2. The average Bonchev–Trinajstić information content (AvgIpc) is 2.53. The molecule has 1 aliphatic rings. The number of anilines is 1. The fourth-order valence-corrected chi connectivity index (χ4v) is 2.20. The highest BCUT2D eigenvalue weighted by Gasteiger charge is 2.28. The Morgan fingerprint density at radius 3 is 2.95 bits per heavy atom. The molecular formula is C16H22N2O4. The van der Waals surface area contributed by atoms with E-state index in [9.17, 15) is 9.59 Å². The average molecular weight is 306 g/mol. The van der Waals surface area contributed by atoms with Crippen molar-refractivity contribution in [3.63, 3.8) is 0 Å². The number of nitrogens with zero attached hydrogens (tertiary/aromatic N) is 1. The summed E-state index contributed by atoms with van der Waals surface area (Å²) in [6, 6.07) is 7.34. The SMILES string of the molecule is COc1cccc(N2CC(CNC(=O)C(C)C)OCC2=O)c1. The van der Waals surface area contributed by atoms with Crippen LogP contribution in [0.25, 0.3) is 0 Å². The molecule has 0 spiro atoms. The van der Waals surface area contributed by atoms with Crippen LogP contribution < -0.4 is 15.0 Å². The maximum atomic E-state index is 12.1. The second kappa shape index (κ2) is 7.26. The van der Waals surface area contributed by atoms with Gasteiger partial charge in [0.25, 0.3) is 5.91 Å². The quantitative estimate of drug-likeness (QED) is 0.887. The molecule has 1 N–H and O–H groups in total. The minimum Gasteiger partial charge on any atom is -0.497 e. The minimum atomic E-state index is -0.216. The van der Waals surface area contributed by atoms with Crippen LogP contribution in [0.5, 0.6) is 5.75 Å². The van der Waals surface area contributed by atoms with Gasteiger partial charge in [0.2, 0.25) is 5.91 Å². The molecule has 2 rings (SSSR count). The molecule has 1 atom stereocenters. The van der Waals surface area contributed by atoms with Crippen molar-refractivity contribution in [2.75, 3.05) is 31.7 Å². The standard InChI is InChI=1S/C16H22N2O4/c1-11(2)16(20)17-8-14-9-18(15(19)10-22-14)12-5-4-6-13(7-12)21-3/h4-7,11,14H,8-10H2,1-3H3,(H,17,20). The van der Waals surface area contributed by atoms with Crippen LogP contribution in [0, 0.1) is 5.92 Å². The summed E-state index contributed by atoms with van der Waals surface area (Å²) in [5.74, 6) is 0.509. The molecule has 0 aromatic heterocycles. The van der Waals surface area contributed by atoms with E-state index in [4.69, 9.17) is 9.47 Å². The fraction of sp³-hybridized carbons (Fsp3) is 0.500. The number of hydrogen-bond donors (Lipinski definition) is 1. The Balaban J connectivity index is 2.01. The smallest absolute Gasteiger partial charge is 0.253 e. The van der Waals surface area contributed by atoms with Gasteiger partial charge in [0, 0.05) is 24.2 Å². The first-order valence-electron chi connectivity index (χ1n) is 7.35. The number of carbonyl (C=O) groups excluding carboxylic acids is 2. The third-order valence-electron chi connectivity index (χ3n) is 3.52. The Morgan fingerprint density at radius 2 is 2.27 bits per heavy atom. The molecule has 6 heteroatoms. The Morgan fingerprint density at radius 1 is 1.50 bits per heavy atom. The van der Waals surface area contributed by atoms with Gasteiger partial charge in [-0.05, 0) is 12.1 Å². The van der Waals surface area contributed by atoms with Crippen LogP contribution in [0.15, 0.2) is 24.3 Å². The number of rotatable bonds is 5. The predicted octanol–water partition coefficient (Wildman–Crippen LogP) is 1.20. The maximum Gasteiger partial charge on any atom is 0.253 e. The van der Waals surface area contributed by atoms with Gasteiger partial charge in [-0.1, -0.05) is 19.9 Å². The van der Waals surface area contributed by atoms with E-state index in [1.54, 1.807) is 12.0 Å². The van der Waals surface area contributed by atoms with Gasteiger partial charge in [-0.25, -0.2) is 0 Å². The van der Waals surface area contributed by atoms with Crippen molar-refractivity contribution in [2.45, 2.75) is 20.0 Å². The molecule has 0 aliphatic carbocycles. The van der Waals surface area contributed by atoms with E-state index in [2.05, 4.69) is 5.32 Å². The van der Waals surface area contributed by atoms with Crippen LogP contribution in [-0.2, 0) is 14.3 Å². The first-order chi connectivity index (χ1) is 10.5. The molecule has 1 heterocycles. The normalized spacial score (nSPS) is 18.5. The van der Waals surface area contributed by atoms with Crippen molar-refractivity contribution in [3.05, 3.63) is 24.3 Å². The second-order valence-corrected chi connectivity index (χ2v) is 5.54. The molecule has 6 nitrogen and oxygen atoms in total. The van der Waals surface area contributed by atoms with E-state index < -0.39 is 0 Å². The van der Waals surface area contributed by atoms with Crippen LogP contribution in [0.2, 0.25) is 0 Å². The Labute approximate surface area is 130 Å². The fourth-order valence-electron chi connectivity index (χ4n) is 2.20. The molecule has 1 fully saturated rings. The number of benzene rings is 1. The maximum absolute atomic E-state index is 12.1. The third kappa shape index (κ3) is 3.98. The third-order valence-corrected chi connectivity index (χ3v) is 3.52. The van der Waals surface area contributed by atoms with E-state index in [1.165, 1.54) is 0 Å². The summed E-state index contributed by atoms with van der Waals surface area (Å²) in [7, 11) is 1.59. The highest BCUT2D eigenvalue weighted by atomic mass is 16.5. The van der Waals surface area contributed by atoms with Crippen molar-refractivity contribution in [1.29, 1.82) is 0 Å². The minimum absolute atomic E-state index is 0.0133. The summed E-state index contributed by atoms with van der Waals surface area (Å²) >= 11 is 0. The van der Waals surface area contributed by atoms with Gasteiger partial charge in [-0.15, -0.1) is 0 Å². The van der Waals surface area contributed by atoms with Crippen LogP contribution in [0.3, 0.4) is 0 Å². The summed E-state index contributed by atoms with van der Waals surface area (Å²) in [5.41, 5.74) is 0.771. The molecule has 1 saturated heterocycles. The van der Waals surface area contributed by atoms with E-state index in [0.717, 1.165) is 5.69 Å². The molecule has 120 valence electrons. The molecule has 1 unspecified atom stereocenters. The Hall–Kier alpha value is -2.08. The van der Waals surface area contributed by atoms with E-state index in [0.29, 0.717) is 18.8 Å². The molecule has 1 aliphatic heterocycles. The molecule has 0 saturated carbocycles. The summed E-state index contributed by atoms with van der Waals surface area (Å²) in [5, 5.41) is 2.83. The number of carbonyl (C=O) groups is 2. The van der Waals surface area contributed by atoms with E-state index in [-0.39, 0.29) is 30.4 Å². The lowest BCUT2D eigenvalue weighted by atomic mass is 10.2. The van der Waals surface area contributed by atoms with Crippen molar-refractivity contribution in [2.24, 2.45) is 5.92 Å². The van der Waals surface area contributed by atoms with Crippen molar-refractivity contribution in [1.82, 2.24) is 5.32 Å². The zero-order valence-electron chi connectivity index (χ0n) is 13.2. The number of hydrogen-bond acceptors (Lipinski definition) is 4. The largest absolute Gasteiger partial charge is 0.497 e. The lowest BCUT2D eigenvalue weighted by Crippen LogP contribution is -2.51. The lowest BCUT2D eigenvalue weighted by Gasteiger charge is -2.33. The number of nitrogens with one attached hydrogen (secondary N) is 1. The van der Waals surface area contributed by atoms with Crippen LogP contribution in [0.4, 0.5) is 5.69 Å². The van der Waals surface area contributed by atoms with Gasteiger partial charge in [0.15, 0.2) is 0 Å². The van der Waals surface area contributed by atoms with E-state index in [1.807, 2.05) is 38.1 Å². The number of morpholine rings is 1. The van der Waals surface area contributed by atoms with Crippen LogP contribution >= 0.6 is 0 Å². The molecule has 2 amide bonds. The van der Waals surface area contributed by atoms with Crippen molar-refractivity contribution < 1.29 is 19.1 Å².